The predicted octanol–water partition coefficient (Wildman–Crippen LogP) is 4.10. The molecule has 2 N–H and O–H groups in total. The predicted molar refractivity (Wildman–Crippen MR) is 66.0 cm³/mol. The molecule has 0 amide bonds. The molecule has 0 aromatic heterocycles. The van der Waals surface area contributed by atoms with Crippen LogP contribution in [-0.4, -0.2) is 6.61 Å². The van der Waals surface area contributed by atoms with Gasteiger partial charge in [0.05, 0.1) is 15.7 Å². The highest BCUT2D eigenvalue weighted by Crippen LogP contribution is 2.32. The van der Waals surface area contributed by atoms with Gasteiger partial charge in [-0.15, -0.1) is 0 Å². The van der Waals surface area contributed by atoms with E-state index in [1.54, 1.807) is 12.1 Å². The largest absolute Gasteiger partial charge is 0.487 e. The number of anilines is 1. The molecular weight excluding hydrogens is 256 g/mol. The van der Waals surface area contributed by atoms with E-state index in [-0.39, 0.29) is 0 Å². The van der Waals surface area contributed by atoms with E-state index in [0.29, 0.717) is 28.1 Å². The number of ether oxygens (including phenoxy) is 1. The van der Waals surface area contributed by atoms with Crippen LogP contribution in [0.2, 0.25) is 10.0 Å². The zero-order valence-electron chi connectivity index (χ0n) is 8.06. The van der Waals surface area contributed by atoms with Crippen molar-refractivity contribution in [3.8, 4) is 5.75 Å². The van der Waals surface area contributed by atoms with E-state index in [1.807, 2.05) is 6.92 Å². The maximum Gasteiger partial charge on any atom is 0.144 e. The van der Waals surface area contributed by atoms with Crippen molar-refractivity contribution >= 4 is 40.5 Å². The lowest BCUT2D eigenvalue weighted by Crippen LogP contribution is -2.01. The molecule has 0 heterocycles. The van der Waals surface area contributed by atoms with Crippen LogP contribution in [0.3, 0.4) is 0 Å². The summed E-state index contributed by atoms with van der Waals surface area (Å²) in [4.78, 5) is 0. The van der Waals surface area contributed by atoms with Crippen molar-refractivity contribution in [3.63, 3.8) is 0 Å². The number of rotatable bonds is 3. The molecule has 5 heteroatoms. The number of hydrogen-bond acceptors (Lipinski definition) is 2. The summed E-state index contributed by atoms with van der Waals surface area (Å²) in [5, 5.41) is 0.819. The van der Waals surface area contributed by atoms with Crippen LogP contribution in [0.15, 0.2) is 23.2 Å². The van der Waals surface area contributed by atoms with Crippen LogP contribution in [-0.2, 0) is 0 Å². The summed E-state index contributed by atoms with van der Waals surface area (Å²) < 4.78 is 5.40. The van der Waals surface area contributed by atoms with Crippen molar-refractivity contribution in [3.05, 3.63) is 33.3 Å². The van der Waals surface area contributed by atoms with Crippen LogP contribution < -0.4 is 10.5 Å². The van der Waals surface area contributed by atoms with E-state index >= 15 is 0 Å². The molecule has 0 aliphatic rings. The Bertz CT molecular complexity index is 390. The summed E-state index contributed by atoms with van der Waals surface area (Å²) in [6, 6.07) is 3.14. The zero-order valence-corrected chi connectivity index (χ0v) is 10.3. The van der Waals surface area contributed by atoms with Gasteiger partial charge in [-0.2, -0.15) is 0 Å². The van der Waals surface area contributed by atoms with E-state index in [9.17, 15) is 0 Å². The van der Waals surface area contributed by atoms with E-state index in [2.05, 4.69) is 0 Å². The van der Waals surface area contributed by atoms with Crippen LogP contribution in [0.4, 0.5) is 5.69 Å². The van der Waals surface area contributed by atoms with Crippen molar-refractivity contribution in [2.75, 3.05) is 12.3 Å². The molecule has 1 rings (SSSR count). The molecule has 0 aliphatic heterocycles. The fourth-order valence-corrected chi connectivity index (χ4v) is 1.28. The molecule has 0 aliphatic carbocycles. The second-order valence-corrected chi connectivity index (χ2v) is 4.08. The number of nitrogens with two attached hydrogens (primary N) is 1. The van der Waals surface area contributed by atoms with Gasteiger partial charge < -0.3 is 10.5 Å². The van der Waals surface area contributed by atoms with Gasteiger partial charge in [0.2, 0.25) is 0 Å². The molecular formula is C10H10Cl3NO. The third-order valence-electron chi connectivity index (χ3n) is 1.69. The van der Waals surface area contributed by atoms with Crippen molar-refractivity contribution in [2.24, 2.45) is 0 Å². The Hall–Kier alpha value is -0.570. The first-order chi connectivity index (χ1) is 7.04. The van der Waals surface area contributed by atoms with Crippen LogP contribution in [0.25, 0.3) is 0 Å². The smallest absolute Gasteiger partial charge is 0.144 e. The first-order valence-electron chi connectivity index (χ1n) is 4.17. The minimum atomic E-state index is 0.367. The van der Waals surface area contributed by atoms with E-state index in [4.69, 9.17) is 45.3 Å². The highest BCUT2D eigenvalue weighted by molar-refractivity contribution is 6.42. The monoisotopic (exact) mass is 265 g/mol. The zero-order chi connectivity index (χ0) is 11.4. The minimum absolute atomic E-state index is 0.367. The SMILES string of the molecule is C/C(=C/Cl)COc1cc(Cl)c(Cl)cc1N. The molecule has 82 valence electrons. The number of halogens is 3. The lowest BCUT2D eigenvalue weighted by atomic mass is 10.3. The second kappa shape index (κ2) is 5.50. The minimum Gasteiger partial charge on any atom is -0.487 e. The Balaban J connectivity index is 2.82. The molecule has 0 bridgehead atoms. The Morgan fingerprint density at radius 1 is 1.40 bits per heavy atom. The van der Waals surface area contributed by atoms with Gasteiger partial charge in [-0.3, -0.25) is 0 Å². The van der Waals surface area contributed by atoms with Gasteiger partial charge in [0.1, 0.15) is 12.4 Å². The fraction of sp³-hybridized carbons (Fsp3) is 0.200. The summed E-state index contributed by atoms with van der Waals surface area (Å²) in [6.07, 6.45) is 0. The van der Waals surface area contributed by atoms with Crippen molar-refractivity contribution in [2.45, 2.75) is 6.92 Å². The average Bonchev–Trinajstić information content (AvgIpc) is 2.21. The molecule has 2 nitrogen and oxygen atoms in total. The summed E-state index contributed by atoms with van der Waals surface area (Å²) in [7, 11) is 0. The summed E-state index contributed by atoms with van der Waals surface area (Å²) in [5.41, 5.74) is 8.49. The van der Waals surface area contributed by atoms with E-state index in [1.165, 1.54) is 5.54 Å². The normalized spacial score (nSPS) is 11.6. The van der Waals surface area contributed by atoms with Gasteiger partial charge in [-0.1, -0.05) is 34.8 Å². The Morgan fingerprint density at radius 2 is 2.00 bits per heavy atom. The van der Waals surface area contributed by atoms with Crippen molar-refractivity contribution in [1.82, 2.24) is 0 Å². The van der Waals surface area contributed by atoms with Gasteiger partial charge in [-0.05, 0) is 18.6 Å². The molecule has 0 atom stereocenters. The lowest BCUT2D eigenvalue weighted by molar-refractivity contribution is 0.354. The topological polar surface area (TPSA) is 35.2 Å². The van der Waals surface area contributed by atoms with Gasteiger partial charge in [0.15, 0.2) is 0 Å². The van der Waals surface area contributed by atoms with E-state index in [0.717, 1.165) is 5.57 Å². The molecule has 1 aromatic rings. The molecule has 0 saturated carbocycles. The molecule has 0 radical (unpaired) electrons. The third-order valence-corrected chi connectivity index (χ3v) is 2.79. The van der Waals surface area contributed by atoms with E-state index < -0.39 is 0 Å². The molecule has 0 saturated heterocycles. The number of hydrogen-bond donors (Lipinski definition) is 1. The molecule has 0 unspecified atom stereocenters. The lowest BCUT2D eigenvalue weighted by Gasteiger charge is -2.09. The molecule has 15 heavy (non-hydrogen) atoms. The Labute approximate surface area is 104 Å². The maximum absolute atomic E-state index is 5.83. The highest BCUT2D eigenvalue weighted by atomic mass is 35.5. The molecule has 1 aromatic carbocycles. The molecule has 0 spiro atoms. The number of benzene rings is 1. The van der Waals surface area contributed by atoms with Crippen molar-refractivity contribution in [1.29, 1.82) is 0 Å². The Kier molecular flexibility index (Phi) is 4.58. The summed E-state index contributed by atoms with van der Waals surface area (Å²) in [5.74, 6) is 0.502. The standard InChI is InChI=1S/C10H10Cl3NO/c1-6(4-11)5-15-10-3-8(13)7(12)2-9(10)14/h2-4H,5,14H2,1H3/b6-4-. The van der Waals surface area contributed by atoms with Crippen LogP contribution in [0.5, 0.6) is 5.75 Å². The average molecular weight is 267 g/mol. The highest BCUT2D eigenvalue weighted by Gasteiger charge is 2.06. The molecule has 0 fully saturated rings. The quantitative estimate of drug-likeness (QED) is 0.836. The number of nitrogen functional groups attached to an aromatic ring is 1. The van der Waals surface area contributed by atoms with Crippen molar-refractivity contribution < 1.29 is 4.74 Å². The van der Waals surface area contributed by atoms with Gasteiger partial charge in [-0.25, -0.2) is 0 Å². The summed E-state index contributed by atoms with van der Waals surface area (Å²) >= 11 is 17.1. The Morgan fingerprint density at radius 3 is 2.60 bits per heavy atom. The first-order valence-corrected chi connectivity index (χ1v) is 5.37. The van der Waals surface area contributed by atoms with Gasteiger partial charge >= 0.3 is 0 Å². The summed E-state index contributed by atoms with van der Waals surface area (Å²) in [6.45, 7) is 2.21. The second-order valence-electron chi connectivity index (χ2n) is 3.05. The van der Waals surface area contributed by atoms with Crippen LogP contribution >= 0.6 is 34.8 Å². The van der Waals surface area contributed by atoms with Crippen LogP contribution in [0.1, 0.15) is 6.92 Å². The fourth-order valence-electron chi connectivity index (χ4n) is 0.892. The maximum atomic E-state index is 5.83. The first kappa shape index (κ1) is 12.5. The van der Waals surface area contributed by atoms with Gasteiger partial charge in [0.25, 0.3) is 0 Å². The van der Waals surface area contributed by atoms with Gasteiger partial charge in [0, 0.05) is 11.6 Å². The van der Waals surface area contributed by atoms with Crippen LogP contribution in [0, 0.1) is 0 Å². The third kappa shape index (κ3) is 3.49.